The van der Waals surface area contributed by atoms with Gasteiger partial charge in [-0.2, -0.15) is 17.9 Å². The van der Waals surface area contributed by atoms with Gasteiger partial charge in [-0.1, -0.05) is 12.1 Å². The quantitative estimate of drug-likeness (QED) is 0.519. The van der Waals surface area contributed by atoms with E-state index in [1.165, 1.54) is 26.4 Å². The van der Waals surface area contributed by atoms with Crippen molar-refractivity contribution in [1.82, 2.24) is 4.72 Å². The van der Waals surface area contributed by atoms with Crippen LogP contribution in [0.4, 0.5) is 18.9 Å². The number of esters is 1. The number of nitrogens with one attached hydrogen (secondary N) is 2. The summed E-state index contributed by atoms with van der Waals surface area (Å²) in [5.74, 6) is -1.13. The minimum absolute atomic E-state index is 0.282. The Bertz CT molecular complexity index is 1100. The van der Waals surface area contributed by atoms with Crippen LogP contribution in [-0.2, 0) is 30.5 Å². The van der Waals surface area contributed by atoms with E-state index >= 15 is 0 Å². The van der Waals surface area contributed by atoms with Gasteiger partial charge in [-0.15, -0.1) is 0 Å². The monoisotopic (exact) mass is 490 g/mol. The summed E-state index contributed by atoms with van der Waals surface area (Å²) < 4.78 is 80.9. The number of anilines is 1. The van der Waals surface area contributed by atoms with Crippen molar-refractivity contribution >= 4 is 27.6 Å². The highest BCUT2D eigenvalue weighted by Gasteiger charge is 2.37. The molecule has 9 nitrogen and oxygen atoms in total. The summed E-state index contributed by atoms with van der Waals surface area (Å²) >= 11 is 0. The van der Waals surface area contributed by atoms with Gasteiger partial charge >= 0.3 is 12.1 Å². The number of hydrogen-bond acceptors (Lipinski definition) is 7. The average Bonchev–Trinajstić information content (AvgIpc) is 2.76. The maximum atomic E-state index is 13.1. The molecule has 1 atom stereocenters. The topological polar surface area (TPSA) is 120 Å². The summed E-state index contributed by atoms with van der Waals surface area (Å²) in [6, 6.07) is 6.49. The normalized spacial score (nSPS) is 12.5. The van der Waals surface area contributed by atoms with E-state index in [2.05, 4.69) is 5.32 Å². The first-order chi connectivity index (χ1) is 15.4. The molecule has 0 spiro atoms. The summed E-state index contributed by atoms with van der Waals surface area (Å²) in [7, 11) is -1.89. The second kappa shape index (κ2) is 10.5. The summed E-state index contributed by atoms with van der Waals surface area (Å²) in [4.78, 5) is 23.1. The lowest BCUT2D eigenvalue weighted by Crippen LogP contribution is -2.41. The van der Waals surface area contributed by atoms with Gasteiger partial charge in [0.25, 0.3) is 5.91 Å². The number of sulfonamides is 1. The second-order valence-electron chi connectivity index (χ2n) is 6.59. The molecule has 33 heavy (non-hydrogen) atoms. The fraction of sp³-hybridized carbons (Fsp3) is 0.300. The van der Waals surface area contributed by atoms with Crippen molar-refractivity contribution in [2.24, 2.45) is 0 Å². The van der Waals surface area contributed by atoms with Gasteiger partial charge < -0.3 is 19.5 Å². The van der Waals surface area contributed by atoms with Crippen molar-refractivity contribution in [2.75, 3.05) is 26.1 Å². The van der Waals surface area contributed by atoms with Gasteiger partial charge in [-0.3, -0.25) is 9.59 Å². The van der Waals surface area contributed by atoms with Gasteiger partial charge in [-0.25, -0.2) is 8.42 Å². The lowest BCUT2D eigenvalue weighted by atomic mass is 10.2. The first-order valence-corrected chi connectivity index (χ1v) is 10.7. The molecule has 0 aliphatic rings. The van der Waals surface area contributed by atoms with Crippen molar-refractivity contribution < 1.29 is 45.4 Å². The molecular weight excluding hydrogens is 469 g/mol. The summed E-state index contributed by atoms with van der Waals surface area (Å²) in [5, 5.41) is 2.44. The van der Waals surface area contributed by atoms with E-state index in [0.717, 1.165) is 25.1 Å². The fourth-order valence-corrected chi connectivity index (χ4v) is 4.04. The Balaban J connectivity index is 2.01. The molecule has 0 fully saturated rings. The maximum Gasteiger partial charge on any atom is 0.417 e. The number of amides is 1. The Kier molecular flexibility index (Phi) is 8.28. The van der Waals surface area contributed by atoms with E-state index in [4.69, 9.17) is 14.2 Å². The van der Waals surface area contributed by atoms with Crippen LogP contribution in [0.5, 0.6) is 11.5 Å². The molecule has 2 rings (SSSR count). The van der Waals surface area contributed by atoms with E-state index < -0.39 is 51.2 Å². The molecule has 0 saturated heterocycles. The Morgan fingerprint density at radius 2 is 1.61 bits per heavy atom. The third-order valence-corrected chi connectivity index (χ3v) is 5.75. The zero-order chi connectivity index (χ0) is 24.8. The van der Waals surface area contributed by atoms with E-state index in [9.17, 15) is 31.2 Å². The first-order valence-electron chi connectivity index (χ1n) is 9.25. The standard InChI is InChI=1S/C20H21F3N2O7S/c1-12(25-33(28,29)17-7-5-4-6-16(17)20(21,22)23)19(27)32-11-18(26)24-13-8-14(30-2)10-15(9-13)31-3/h4-10,12,25H,11H2,1-3H3,(H,24,26)/t12-/m1/s1. The van der Waals surface area contributed by atoms with Crippen molar-refractivity contribution in [3.05, 3.63) is 48.0 Å². The van der Waals surface area contributed by atoms with Crippen LogP contribution >= 0.6 is 0 Å². The summed E-state index contributed by atoms with van der Waals surface area (Å²) in [6.45, 7) is 0.296. The molecular formula is C20H21F3N2O7S. The molecule has 0 heterocycles. The van der Waals surface area contributed by atoms with Crippen molar-refractivity contribution in [1.29, 1.82) is 0 Å². The Morgan fingerprint density at radius 1 is 1.03 bits per heavy atom. The molecule has 2 aromatic rings. The third-order valence-electron chi connectivity index (χ3n) is 4.15. The van der Waals surface area contributed by atoms with Crippen LogP contribution in [0.15, 0.2) is 47.4 Å². The molecule has 0 radical (unpaired) electrons. The molecule has 0 bridgehead atoms. The first kappa shape index (κ1) is 25.9. The SMILES string of the molecule is COc1cc(NC(=O)COC(=O)[C@@H](C)NS(=O)(=O)c2ccccc2C(F)(F)F)cc(OC)c1. The highest BCUT2D eigenvalue weighted by atomic mass is 32.2. The van der Waals surface area contributed by atoms with Crippen LogP contribution in [-0.4, -0.2) is 47.2 Å². The maximum absolute atomic E-state index is 13.1. The van der Waals surface area contributed by atoms with E-state index in [0.29, 0.717) is 17.6 Å². The second-order valence-corrected chi connectivity index (χ2v) is 8.28. The van der Waals surface area contributed by atoms with Crippen LogP contribution in [0.3, 0.4) is 0 Å². The minimum Gasteiger partial charge on any atom is -0.497 e. The number of hydrogen-bond donors (Lipinski definition) is 2. The summed E-state index contributed by atoms with van der Waals surface area (Å²) in [5.41, 5.74) is -1.10. The van der Waals surface area contributed by atoms with Crippen molar-refractivity contribution in [3.8, 4) is 11.5 Å². The van der Waals surface area contributed by atoms with Crippen LogP contribution in [0.1, 0.15) is 12.5 Å². The molecule has 0 aliphatic heterocycles. The van der Waals surface area contributed by atoms with Gasteiger partial charge in [0, 0.05) is 23.9 Å². The number of halogens is 3. The van der Waals surface area contributed by atoms with E-state index in [1.807, 2.05) is 4.72 Å². The van der Waals surface area contributed by atoms with Crippen LogP contribution in [0.25, 0.3) is 0 Å². The van der Waals surface area contributed by atoms with Gasteiger partial charge in [0.2, 0.25) is 10.0 Å². The predicted octanol–water partition coefficient (Wildman–Crippen LogP) is 2.57. The Labute approximate surface area is 187 Å². The predicted molar refractivity (Wildman–Crippen MR) is 110 cm³/mol. The zero-order valence-electron chi connectivity index (χ0n) is 17.7. The molecule has 13 heteroatoms. The molecule has 0 aromatic heterocycles. The van der Waals surface area contributed by atoms with Crippen LogP contribution in [0, 0.1) is 0 Å². The molecule has 2 N–H and O–H groups in total. The number of methoxy groups -OCH3 is 2. The molecule has 180 valence electrons. The lowest BCUT2D eigenvalue weighted by molar-refractivity contribution is -0.148. The Morgan fingerprint density at radius 3 is 2.15 bits per heavy atom. The van der Waals surface area contributed by atoms with Crippen molar-refractivity contribution in [3.63, 3.8) is 0 Å². The highest BCUT2D eigenvalue weighted by molar-refractivity contribution is 7.89. The van der Waals surface area contributed by atoms with Crippen LogP contribution < -0.4 is 19.5 Å². The number of alkyl halides is 3. The lowest BCUT2D eigenvalue weighted by Gasteiger charge is -2.17. The van der Waals surface area contributed by atoms with E-state index in [-0.39, 0.29) is 5.69 Å². The highest BCUT2D eigenvalue weighted by Crippen LogP contribution is 2.34. The zero-order valence-corrected chi connectivity index (χ0v) is 18.5. The number of carbonyl (C=O) groups excluding carboxylic acids is 2. The van der Waals surface area contributed by atoms with Gasteiger partial charge in [0.1, 0.15) is 17.5 Å². The molecule has 2 aromatic carbocycles. The summed E-state index contributed by atoms with van der Waals surface area (Å²) in [6.07, 6.45) is -4.92. The molecule has 0 unspecified atom stereocenters. The average molecular weight is 490 g/mol. The number of ether oxygens (including phenoxy) is 3. The van der Waals surface area contributed by atoms with Gasteiger partial charge in [0.15, 0.2) is 6.61 Å². The van der Waals surface area contributed by atoms with Crippen LogP contribution in [0.2, 0.25) is 0 Å². The van der Waals surface area contributed by atoms with Crippen molar-refractivity contribution in [2.45, 2.75) is 24.0 Å². The van der Waals surface area contributed by atoms with Gasteiger partial charge in [0.05, 0.1) is 24.7 Å². The minimum atomic E-state index is -4.92. The smallest absolute Gasteiger partial charge is 0.417 e. The molecule has 1 amide bonds. The molecule has 0 aliphatic carbocycles. The third kappa shape index (κ3) is 7.08. The van der Waals surface area contributed by atoms with Gasteiger partial charge in [-0.05, 0) is 19.1 Å². The number of carbonyl (C=O) groups is 2. The van der Waals surface area contributed by atoms with E-state index in [1.54, 1.807) is 6.07 Å². The fourth-order valence-electron chi connectivity index (χ4n) is 2.62. The number of rotatable bonds is 9. The Hall–Kier alpha value is -3.32. The number of benzene rings is 2. The largest absolute Gasteiger partial charge is 0.497 e. The molecule has 0 saturated carbocycles.